The van der Waals surface area contributed by atoms with Crippen LogP contribution < -0.4 is 10.6 Å². The van der Waals surface area contributed by atoms with Crippen molar-refractivity contribution in [2.24, 2.45) is 5.92 Å². The number of aryl methyl sites for hydroxylation is 2. The van der Waals surface area contributed by atoms with Crippen LogP contribution in [0.1, 0.15) is 47.7 Å². The Hall–Kier alpha value is -2.43. The van der Waals surface area contributed by atoms with Gasteiger partial charge in [-0.2, -0.15) is 0 Å². The maximum Gasteiger partial charge on any atom is 0.270 e. The second kappa shape index (κ2) is 8.43. The van der Waals surface area contributed by atoms with Crippen molar-refractivity contribution in [3.63, 3.8) is 0 Å². The molecule has 128 valence electrons. The fraction of sp³-hybridized carbons (Fsp3) is 0.421. The van der Waals surface area contributed by atoms with E-state index < -0.39 is 0 Å². The second-order valence-electron chi connectivity index (χ2n) is 6.47. The van der Waals surface area contributed by atoms with Gasteiger partial charge in [-0.05, 0) is 31.7 Å². The van der Waals surface area contributed by atoms with Gasteiger partial charge >= 0.3 is 0 Å². The van der Waals surface area contributed by atoms with Gasteiger partial charge in [0.05, 0.1) is 0 Å². The predicted molar refractivity (Wildman–Crippen MR) is 97.1 cm³/mol. The average Bonchev–Trinajstić information content (AvgIpc) is 2.52. The van der Waals surface area contributed by atoms with Crippen LogP contribution >= 0.6 is 0 Å². The summed E-state index contributed by atoms with van der Waals surface area (Å²) < 4.78 is 0. The van der Waals surface area contributed by atoms with Crippen molar-refractivity contribution in [2.75, 3.05) is 11.9 Å². The monoisotopic (exact) mass is 326 g/mol. The molecule has 0 saturated heterocycles. The van der Waals surface area contributed by atoms with Crippen molar-refractivity contribution in [1.29, 1.82) is 0 Å². The number of benzene rings is 1. The molecule has 0 aliphatic carbocycles. The molecule has 0 unspecified atom stereocenters. The molecular formula is C19H26N4O. The van der Waals surface area contributed by atoms with Gasteiger partial charge in [-0.15, -0.1) is 0 Å². The molecule has 0 saturated carbocycles. The highest BCUT2D eigenvalue weighted by Gasteiger charge is 2.10. The van der Waals surface area contributed by atoms with Crippen LogP contribution in [0.3, 0.4) is 0 Å². The molecule has 0 bridgehead atoms. The Labute approximate surface area is 143 Å². The molecule has 2 N–H and O–H groups in total. The van der Waals surface area contributed by atoms with E-state index in [0.717, 1.165) is 6.42 Å². The topological polar surface area (TPSA) is 66.9 Å². The Kier molecular flexibility index (Phi) is 6.29. The third-order valence-electron chi connectivity index (χ3n) is 3.63. The van der Waals surface area contributed by atoms with Crippen LogP contribution in [-0.2, 0) is 6.54 Å². The van der Waals surface area contributed by atoms with E-state index in [-0.39, 0.29) is 5.91 Å². The number of nitrogens with zero attached hydrogens (tertiary/aromatic N) is 2. The zero-order valence-corrected chi connectivity index (χ0v) is 14.9. The maximum atomic E-state index is 12.2. The van der Waals surface area contributed by atoms with Crippen LogP contribution in [-0.4, -0.2) is 22.4 Å². The predicted octanol–water partition coefficient (Wildman–Crippen LogP) is 3.48. The van der Waals surface area contributed by atoms with Gasteiger partial charge in [-0.3, -0.25) is 4.79 Å². The molecule has 0 fully saturated rings. The second-order valence-corrected chi connectivity index (χ2v) is 6.47. The smallest absolute Gasteiger partial charge is 0.270 e. The molecule has 0 spiro atoms. The summed E-state index contributed by atoms with van der Waals surface area (Å²) >= 11 is 0. The number of nitrogens with one attached hydrogen (secondary N) is 2. The lowest BCUT2D eigenvalue weighted by Crippen LogP contribution is -2.26. The molecule has 2 aromatic rings. The Morgan fingerprint density at radius 1 is 1.17 bits per heavy atom. The van der Waals surface area contributed by atoms with Gasteiger partial charge < -0.3 is 10.6 Å². The van der Waals surface area contributed by atoms with Crippen LogP contribution in [0.25, 0.3) is 0 Å². The van der Waals surface area contributed by atoms with Crippen molar-refractivity contribution in [2.45, 2.75) is 40.7 Å². The van der Waals surface area contributed by atoms with Gasteiger partial charge in [0.25, 0.3) is 5.91 Å². The van der Waals surface area contributed by atoms with Crippen molar-refractivity contribution in [3.05, 3.63) is 53.0 Å². The maximum absolute atomic E-state index is 12.2. The van der Waals surface area contributed by atoms with E-state index in [1.807, 2.05) is 6.07 Å². The summed E-state index contributed by atoms with van der Waals surface area (Å²) in [5.74, 6) is 1.65. The van der Waals surface area contributed by atoms with Gasteiger partial charge in [0.15, 0.2) is 0 Å². The molecular weight excluding hydrogens is 300 g/mol. The lowest BCUT2D eigenvalue weighted by atomic mass is 10.1. The molecule has 5 heteroatoms. The van der Waals surface area contributed by atoms with Gasteiger partial charge in [0.1, 0.15) is 17.3 Å². The minimum atomic E-state index is -0.153. The van der Waals surface area contributed by atoms with Crippen LogP contribution in [0.2, 0.25) is 0 Å². The van der Waals surface area contributed by atoms with E-state index in [0.29, 0.717) is 36.3 Å². The van der Waals surface area contributed by atoms with Crippen molar-refractivity contribution in [3.8, 4) is 0 Å². The lowest BCUT2D eigenvalue weighted by molar-refractivity contribution is 0.0946. The number of amides is 1. The molecule has 0 aliphatic rings. The van der Waals surface area contributed by atoms with E-state index in [4.69, 9.17) is 0 Å². The number of carbonyl (C=O) groups excluding carboxylic acids is 1. The summed E-state index contributed by atoms with van der Waals surface area (Å²) in [5.41, 5.74) is 2.80. The van der Waals surface area contributed by atoms with E-state index in [1.165, 1.54) is 11.1 Å². The number of hydrogen-bond acceptors (Lipinski definition) is 4. The normalized spacial score (nSPS) is 10.7. The van der Waals surface area contributed by atoms with E-state index >= 15 is 0 Å². The summed E-state index contributed by atoms with van der Waals surface area (Å²) in [4.78, 5) is 20.8. The quantitative estimate of drug-likeness (QED) is 0.817. The average molecular weight is 326 g/mol. The summed E-state index contributed by atoms with van der Waals surface area (Å²) in [7, 11) is 0. The zero-order chi connectivity index (χ0) is 17.5. The molecule has 1 heterocycles. The molecule has 0 radical (unpaired) electrons. The highest BCUT2D eigenvalue weighted by molar-refractivity contribution is 5.92. The van der Waals surface area contributed by atoms with Gasteiger partial charge in [-0.25, -0.2) is 9.97 Å². The van der Waals surface area contributed by atoms with Crippen LogP contribution in [0.15, 0.2) is 30.3 Å². The van der Waals surface area contributed by atoms with E-state index in [2.05, 4.69) is 59.6 Å². The highest BCUT2D eigenvalue weighted by atomic mass is 16.1. The third kappa shape index (κ3) is 5.65. The first-order valence-electron chi connectivity index (χ1n) is 8.37. The standard InChI is InChI=1S/C19H26N4O/c1-13(2)8-9-20-19(24)17-11-18(23-15(4)22-17)21-12-16-7-5-6-14(3)10-16/h5-7,10-11,13H,8-9,12H2,1-4H3,(H,20,24)(H,21,22,23). The fourth-order valence-corrected chi connectivity index (χ4v) is 2.35. The number of rotatable bonds is 7. The molecule has 1 aromatic heterocycles. The number of anilines is 1. The van der Waals surface area contributed by atoms with Gasteiger partial charge in [0.2, 0.25) is 0 Å². The SMILES string of the molecule is Cc1cccc(CNc2cc(C(=O)NCCC(C)C)nc(C)n2)c1. The molecule has 24 heavy (non-hydrogen) atoms. The van der Waals surface area contributed by atoms with Crippen LogP contribution in [0.5, 0.6) is 0 Å². The zero-order valence-electron chi connectivity index (χ0n) is 14.9. The van der Waals surface area contributed by atoms with Crippen LogP contribution in [0, 0.1) is 19.8 Å². The largest absolute Gasteiger partial charge is 0.366 e. The first-order valence-corrected chi connectivity index (χ1v) is 8.37. The number of carbonyl (C=O) groups is 1. The van der Waals surface area contributed by atoms with Crippen molar-refractivity contribution < 1.29 is 4.79 Å². The summed E-state index contributed by atoms with van der Waals surface area (Å²) in [6.07, 6.45) is 0.953. The summed E-state index contributed by atoms with van der Waals surface area (Å²) in [5, 5.41) is 6.18. The molecule has 1 amide bonds. The lowest BCUT2D eigenvalue weighted by Gasteiger charge is -2.10. The fourth-order valence-electron chi connectivity index (χ4n) is 2.35. The molecule has 0 atom stereocenters. The molecule has 1 aromatic carbocycles. The minimum absolute atomic E-state index is 0.153. The van der Waals surface area contributed by atoms with Gasteiger partial charge in [0, 0.05) is 19.2 Å². The molecule has 5 nitrogen and oxygen atoms in total. The Balaban J connectivity index is 2.01. The van der Waals surface area contributed by atoms with E-state index in [9.17, 15) is 4.79 Å². The minimum Gasteiger partial charge on any atom is -0.366 e. The summed E-state index contributed by atoms with van der Waals surface area (Å²) in [6, 6.07) is 9.99. The van der Waals surface area contributed by atoms with Crippen molar-refractivity contribution >= 4 is 11.7 Å². The first-order chi connectivity index (χ1) is 11.4. The van der Waals surface area contributed by atoms with Gasteiger partial charge in [-0.1, -0.05) is 43.7 Å². The third-order valence-corrected chi connectivity index (χ3v) is 3.63. The number of aromatic nitrogens is 2. The Morgan fingerprint density at radius 2 is 1.96 bits per heavy atom. The number of hydrogen-bond donors (Lipinski definition) is 2. The molecule has 0 aliphatic heterocycles. The molecule has 2 rings (SSSR count). The first kappa shape index (κ1) is 17.9. The Morgan fingerprint density at radius 3 is 2.67 bits per heavy atom. The van der Waals surface area contributed by atoms with Crippen molar-refractivity contribution in [1.82, 2.24) is 15.3 Å². The van der Waals surface area contributed by atoms with E-state index in [1.54, 1.807) is 13.0 Å². The summed E-state index contributed by atoms with van der Waals surface area (Å²) in [6.45, 7) is 9.45. The van der Waals surface area contributed by atoms with Crippen LogP contribution in [0.4, 0.5) is 5.82 Å². The Bertz CT molecular complexity index is 698. The highest BCUT2D eigenvalue weighted by Crippen LogP contribution is 2.10.